The lowest BCUT2D eigenvalue weighted by Gasteiger charge is -2.49. The van der Waals surface area contributed by atoms with Gasteiger partial charge in [-0.05, 0) is 102 Å². The Hall–Kier alpha value is -3.99. The van der Waals surface area contributed by atoms with E-state index in [1.165, 1.54) is 16.9 Å². The molecule has 6 unspecified atom stereocenters. The van der Waals surface area contributed by atoms with Gasteiger partial charge in [0.25, 0.3) is 0 Å². The molecule has 3 fully saturated rings. The summed E-state index contributed by atoms with van der Waals surface area (Å²) in [6.07, 6.45) is 2.63. The second-order valence-electron chi connectivity index (χ2n) is 11.9. The van der Waals surface area contributed by atoms with Crippen molar-refractivity contribution in [1.29, 1.82) is 0 Å². The number of phenolic OH excluding ortho intramolecular Hbond substituents is 1. The quantitative estimate of drug-likeness (QED) is 0.223. The predicted octanol–water partition coefficient (Wildman–Crippen LogP) is 5.44. The summed E-state index contributed by atoms with van der Waals surface area (Å²) < 4.78 is 6.27. The molecule has 4 aliphatic rings. The SMILES string of the molecule is COc1ccc(C2C3=CCC4C(=O)N(c5ccc(I)cc5)C(=O)C4C3CC3C(=O)N(c4ccccc4)C(=O)C32C)cc1O. The standard InChI is InChI=1S/C34H29IN2O6/c1-34-25(31(40)37(33(34)42)20-6-4-3-5-7-20)17-24-22(29(34)18-8-15-27(43-2)26(38)16-18)13-14-23-28(24)32(41)36(30(23)39)21-11-9-19(35)10-12-21/h3-13,15-16,23-25,28-29,38H,14,17H2,1-2H3. The molecule has 2 saturated heterocycles. The lowest BCUT2D eigenvalue weighted by atomic mass is 9.51. The Bertz CT molecular complexity index is 1720. The monoisotopic (exact) mass is 688 g/mol. The summed E-state index contributed by atoms with van der Waals surface area (Å²) in [4.78, 5) is 59.0. The van der Waals surface area contributed by atoms with Crippen molar-refractivity contribution >= 4 is 57.6 Å². The van der Waals surface area contributed by atoms with Gasteiger partial charge in [-0.15, -0.1) is 0 Å². The highest BCUT2D eigenvalue weighted by Gasteiger charge is 2.67. The van der Waals surface area contributed by atoms with Gasteiger partial charge in [0.15, 0.2) is 11.5 Å². The Morgan fingerprint density at radius 2 is 1.56 bits per heavy atom. The maximum absolute atomic E-state index is 14.4. The minimum absolute atomic E-state index is 0.0785. The lowest BCUT2D eigenvalue weighted by Crippen LogP contribution is -2.48. The zero-order chi connectivity index (χ0) is 30.2. The van der Waals surface area contributed by atoms with E-state index in [0.717, 1.165) is 9.14 Å². The van der Waals surface area contributed by atoms with E-state index in [4.69, 9.17) is 4.74 Å². The molecule has 4 amide bonds. The van der Waals surface area contributed by atoms with Crippen LogP contribution in [-0.2, 0) is 19.2 Å². The number of allylic oxidation sites excluding steroid dienone is 2. The van der Waals surface area contributed by atoms with Crippen LogP contribution in [0.5, 0.6) is 11.5 Å². The number of carbonyl (C=O) groups is 4. The zero-order valence-electron chi connectivity index (χ0n) is 23.6. The molecule has 6 atom stereocenters. The zero-order valence-corrected chi connectivity index (χ0v) is 25.7. The molecule has 3 aromatic carbocycles. The number of amides is 4. The van der Waals surface area contributed by atoms with Gasteiger partial charge in [-0.2, -0.15) is 0 Å². The lowest BCUT2D eigenvalue weighted by molar-refractivity contribution is -0.131. The van der Waals surface area contributed by atoms with Gasteiger partial charge in [0.05, 0.1) is 41.7 Å². The molecule has 0 spiro atoms. The molecule has 0 aromatic heterocycles. The molecular formula is C34H29IN2O6. The van der Waals surface area contributed by atoms with Crippen molar-refractivity contribution in [3.63, 3.8) is 0 Å². The Balaban J connectivity index is 1.37. The molecule has 9 heteroatoms. The number of ether oxygens (including phenoxy) is 1. The number of phenols is 1. The molecule has 8 nitrogen and oxygen atoms in total. The van der Waals surface area contributed by atoms with Crippen LogP contribution in [0.3, 0.4) is 0 Å². The molecule has 1 saturated carbocycles. The molecule has 2 aliphatic carbocycles. The number of rotatable bonds is 4. The number of carbonyl (C=O) groups excluding carboxylic acids is 4. The number of hydrogen-bond donors (Lipinski definition) is 1. The second-order valence-corrected chi connectivity index (χ2v) is 13.2. The molecule has 3 aromatic rings. The fourth-order valence-electron chi connectivity index (χ4n) is 7.95. The van der Waals surface area contributed by atoms with Crippen molar-refractivity contribution in [3.8, 4) is 11.5 Å². The highest BCUT2D eigenvalue weighted by Crippen LogP contribution is 2.64. The van der Waals surface area contributed by atoms with Gasteiger partial charge >= 0.3 is 0 Å². The van der Waals surface area contributed by atoms with Crippen molar-refractivity contribution in [3.05, 3.63) is 93.6 Å². The van der Waals surface area contributed by atoms with E-state index in [0.29, 0.717) is 29.1 Å². The van der Waals surface area contributed by atoms with Crippen LogP contribution in [0, 0.1) is 32.7 Å². The third-order valence-electron chi connectivity index (χ3n) is 9.91. The predicted molar refractivity (Wildman–Crippen MR) is 167 cm³/mol. The Kier molecular flexibility index (Phi) is 6.50. The number of anilines is 2. The van der Waals surface area contributed by atoms with Crippen LogP contribution in [-0.4, -0.2) is 35.8 Å². The summed E-state index contributed by atoms with van der Waals surface area (Å²) in [6, 6.07) is 21.2. The fourth-order valence-corrected chi connectivity index (χ4v) is 8.31. The van der Waals surface area contributed by atoms with Gasteiger partial charge in [0, 0.05) is 9.49 Å². The van der Waals surface area contributed by atoms with E-state index < -0.39 is 35.0 Å². The number of hydrogen-bond acceptors (Lipinski definition) is 6. The summed E-state index contributed by atoms with van der Waals surface area (Å²) in [5.41, 5.74) is 1.38. The van der Waals surface area contributed by atoms with E-state index >= 15 is 0 Å². The second kappa shape index (κ2) is 10.0. The molecule has 0 bridgehead atoms. The maximum atomic E-state index is 14.4. The van der Waals surface area contributed by atoms with Gasteiger partial charge in [-0.25, -0.2) is 4.90 Å². The van der Waals surface area contributed by atoms with Crippen LogP contribution in [0.2, 0.25) is 0 Å². The first kappa shape index (κ1) is 27.8. The third kappa shape index (κ3) is 3.93. The van der Waals surface area contributed by atoms with E-state index in [-0.39, 0.29) is 35.8 Å². The number of imide groups is 2. The van der Waals surface area contributed by atoms with Crippen molar-refractivity contribution in [2.45, 2.75) is 25.7 Å². The fraction of sp³-hybridized carbons (Fsp3) is 0.294. The molecule has 7 rings (SSSR count). The van der Waals surface area contributed by atoms with Crippen molar-refractivity contribution in [1.82, 2.24) is 0 Å². The van der Waals surface area contributed by atoms with Crippen LogP contribution in [0.1, 0.15) is 31.2 Å². The maximum Gasteiger partial charge on any atom is 0.241 e. The van der Waals surface area contributed by atoms with Gasteiger partial charge in [-0.3, -0.25) is 24.1 Å². The summed E-state index contributed by atoms with van der Waals surface area (Å²) in [6.45, 7) is 1.83. The Labute approximate surface area is 262 Å². The number of nitrogens with zero attached hydrogens (tertiary/aromatic N) is 2. The molecular weight excluding hydrogens is 659 g/mol. The number of halogens is 1. The highest BCUT2D eigenvalue weighted by molar-refractivity contribution is 14.1. The summed E-state index contributed by atoms with van der Waals surface area (Å²) in [7, 11) is 1.46. The summed E-state index contributed by atoms with van der Waals surface area (Å²) in [5.74, 6) is -3.89. The largest absolute Gasteiger partial charge is 0.504 e. The number of aromatic hydroxyl groups is 1. The van der Waals surface area contributed by atoms with Crippen molar-refractivity contribution in [2.75, 3.05) is 16.9 Å². The summed E-state index contributed by atoms with van der Waals surface area (Å²) >= 11 is 2.18. The number of fused-ring (bicyclic) bond motifs is 4. The van der Waals surface area contributed by atoms with Gasteiger partial charge in [0.1, 0.15) is 0 Å². The molecule has 1 N–H and O–H groups in total. The van der Waals surface area contributed by atoms with Crippen molar-refractivity contribution in [2.24, 2.45) is 29.1 Å². The van der Waals surface area contributed by atoms with Crippen LogP contribution < -0.4 is 14.5 Å². The van der Waals surface area contributed by atoms with Crippen LogP contribution in [0.15, 0.2) is 84.4 Å². The third-order valence-corrected chi connectivity index (χ3v) is 10.6. The molecule has 0 radical (unpaired) electrons. The first-order chi connectivity index (χ1) is 20.7. The molecule has 43 heavy (non-hydrogen) atoms. The smallest absolute Gasteiger partial charge is 0.241 e. The van der Waals surface area contributed by atoms with Crippen LogP contribution >= 0.6 is 22.6 Å². The minimum Gasteiger partial charge on any atom is -0.504 e. The van der Waals surface area contributed by atoms with E-state index in [9.17, 15) is 24.3 Å². The molecule has 218 valence electrons. The number of para-hydroxylation sites is 1. The van der Waals surface area contributed by atoms with Crippen molar-refractivity contribution < 1.29 is 29.0 Å². The molecule has 2 heterocycles. The number of methoxy groups -OCH3 is 1. The minimum atomic E-state index is -1.18. The normalized spacial score (nSPS) is 29.7. The highest BCUT2D eigenvalue weighted by atomic mass is 127. The Morgan fingerprint density at radius 3 is 2.23 bits per heavy atom. The van der Waals surface area contributed by atoms with Gasteiger partial charge < -0.3 is 9.84 Å². The van der Waals surface area contributed by atoms with E-state index in [1.54, 1.807) is 48.5 Å². The van der Waals surface area contributed by atoms with Gasteiger partial charge in [0.2, 0.25) is 23.6 Å². The van der Waals surface area contributed by atoms with Crippen LogP contribution in [0.4, 0.5) is 11.4 Å². The average Bonchev–Trinajstić information content (AvgIpc) is 3.37. The Morgan fingerprint density at radius 1 is 0.860 bits per heavy atom. The van der Waals surface area contributed by atoms with E-state index in [1.807, 2.05) is 37.3 Å². The topological polar surface area (TPSA) is 104 Å². The van der Waals surface area contributed by atoms with Gasteiger partial charge in [-0.1, -0.05) is 35.9 Å². The summed E-state index contributed by atoms with van der Waals surface area (Å²) in [5, 5.41) is 10.8. The van der Waals surface area contributed by atoms with Crippen LogP contribution in [0.25, 0.3) is 0 Å². The number of benzene rings is 3. The molecule has 2 aliphatic heterocycles. The first-order valence-electron chi connectivity index (χ1n) is 14.3. The average molecular weight is 689 g/mol. The van der Waals surface area contributed by atoms with E-state index in [2.05, 4.69) is 22.6 Å². The first-order valence-corrected chi connectivity index (χ1v) is 15.4.